The molecule has 0 spiro atoms. The standard InChI is InChI=1S/C13H20N2O3/c1-8-4-11(12(18-3)5-9(8)2)15-7-10(14)6-13(16)17/h4-5,10,15H,6-7,14H2,1-3H3,(H,16,17). The number of carboxylic acid groups (broad SMARTS) is 1. The minimum atomic E-state index is -0.892. The van der Waals surface area contributed by atoms with Crippen LogP contribution in [-0.4, -0.2) is 30.8 Å². The third kappa shape index (κ3) is 3.92. The number of ether oxygens (including phenoxy) is 1. The van der Waals surface area contributed by atoms with Crippen LogP contribution in [0, 0.1) is 13.8 Å². The normalized spacial score (nSPS) is 12.0. The Bertz CT molecular complexity index is 432. The van der Waals surface area contributed by atoms with E-state index >= 15 is 0 Å². The number of nitrogens with one attached hydrogen (secondary N) is 1. The molecule has 1 aromatic carbocycles. The summed E-state index contributed by atoms with van der Waals surface area (Å²) in [5.41, 5.74) is 8.82. The van der Waals surface area contributed by atoms with Gasteiger partial charge in [-0.15, -0.1) is 0 Å². The number of nitrogens with two attached hydrogens (primary N) is 1. The number of aryl methyl sites for hydroxylation is 2. The van der Waals surface area contributed by atoms with Gasteiger partial charge in [0.15, 0.2) is 0 Å². The zero-order chi connectivity index (χ0) is 13.7. The molecule has 5 heteroatoms. The number of rotatable bonds is 6. The van der Waals surface area contributed by atoms with Crippen LogP contribution in [0.1, 0.15) is 17.5 Å². The Labute approximate surface area is 107 Å². The Balaban J connectivity index is 2.72. The number of carboxylic acids is 1. The van der Waals surface area contributed by atoms with E-state index < -0.39 is 12.0 Å². The summed E-state index contributed by atoms with van der Waals surface area (Å²) in [6.07, 6.45) is -0.0554. The topological polar surface area (TPSA) is 84.6 Å². The van der Waals surface area contributed by atoms with Crippen molar-refractivity contribution in [3.8, 4) is 5.75 Å². The number of carbonyl (C=O) groups is 1. The second-order valence-corrected chi connectivity index (χ2v) is 4.38. The van der Waals surface area contributed by atoms with Crippen molar-refractivity contribution in [1.29, 1.82) is 0 Å². The second kappa shape index (κ2) is 6.26. The molecule has 18 heavy (non-hydrogen) atoms. The minimum absolute atomic E-state index is 0.0554. The first-order chi connectivity index (χ1) is 8.43. The fraction of sp³-hybridized carbons (Fsp3) is 0.462. The molecule has 0 saturated carbocycles. The molecule has 0 saturated heterocycles. The van der Waals surface area contributed by atoms with Gasteiger partial charge >= 0.3 is 5.97 Å². The summed E-state index contributed by atoms with van der Waals surface area (Å²) < 4.78 is 5.27. The SMILES string of the molecule is COc1cc(C)c(C)cc1NCC(N)CC(=O)O. The Morgan fingerprint density at radius 1 is 1.44 bits per heavy atom. The third-order valence-electron chi connectivity index (χ3n) is 2.81. The molecule has 0 bridgehead atoms. The molecule has 4 N–H and O–H groups in total. The van der Waals surface area contributed by atoms with Gasteiger partial charge in [-0.25, -0.2) is 0 Å². The van der Waals surface area contributed by atoms with Crippen molar-refractivity contribution in [2.24, 2.45) is 5.73 Å². The first-order valence-corrected chi connectivity index (χ1v) is 5.80. The lowest BCUT2D eigenvalue weighted by molar-refractivity contribution is -0.137. The monoisotopic (exact) mass is 252 g/mol. The van der Waals surface area contributed by atoms with Gasteiger partial charge in [-0.1, -0.05) is 0 Å². The zero-order valence-electron chi connectivity index (χ0n) is 11.0. The summed E-state index contributed by atoms with van der Waals surface area (Å²) >= 11 is 0. The zero-order valence-corrected chi connectivity index (χ0v) is 11.0. The summed E-state index contributed by atoms with van der Waals surface area (Å²) in [5, 5.41) is 11.8. The lowest BCUT2D eigenvalue weighted by atomic mass is 10.1. The van der Waals surface area contributed by atoms with Gasteiger partial charge in [0, 0.05) is 12.6 Å². The molecular weight excluding hydrogens is 232 g/mol. The summed E-state index contributed by atoms with van der Waals surface area (Å²) in [6, 6.07) is 3.50. The van der Waals surface area contributed by atoms with Crippen LogP contribution in [0.15, 0.2) is 12.1 Å². The summed E-state index contributed by atoms with van der Waals surface area (Å²) in [4.78, 5) is 10.5. The smallest absolute Gasteiger partial charge is 0.304 e. The highest BCUT2D eigenvalue weighted by Gasteiger charge is 2.10. The Morgan fingerprint density at radius 2 is 2.06 bits per heavy atom. The van der Waals surface area contributed by atoms with E-state index in [1.54, 1.807) is 7.11 Å². The van der Waals surface area contributed by atoms with Crippen molar-refractivity contribution in [2.75, 3.05) is 19.0 Å². The Kier molecular flexibility index (Phi) is 4.97. The van der Waals surface area contributed by atoms with Crippen LogP contribution in [0.2, 0.25) is 0 Å². The average molecular weight is 252 g/mol. The maximum Gasteiger partial charge on any atom is 0.304 e. The fourth-order valence-electron chi connectivity index (χ4n) is 1.63. The molecule has 0 heterocycles. The van der Waals surface area contributed by atoms with E-state index in [4.69, 9.17) is 15.6 Å². The van der Waals surface area contributed by atoms with Crippen LogP contribution in [0.4, 0.5) is 5.69 Å². The molecule has 1 unspecified atom stereocenters. The molecule has 1 aromatic rings. The van der Waals surface area contributed by atoms with Crippen LogP contribution in [-0.2, 0) is 4.79 Å². The highest BCUT2D eigenvalue weighted by Crippen LogP contribution is 2.27. The van der Waals surface area contributed by atoms with Crippen molar-refractivity contribution < 1.29 is 14.6 Å². The van der Waals surface area contributed by atoms with Crippen molar-refractivity contribution in [1.82, 2.24) is 0 Å². The van der Waals surface area contributed by atoms with E-state index in [0.29, 0.717) is 6.54 Å². The van der Waals surface area contributed by atoms with Gasteiger partial charge in [0.2, 0.25) is 0 Å². The molecule has 0 aliphatic heterocycles. The van der Waals surface area contributed by atoms with Crippen molar-refractivity contribution in [3.05, 3.63) is 23.3 Å². The van der Waals surface area contributed by atoms with E-state index in [-0.39, 0.29) is 6.42 Å². The van der Waals surface area contributed by atoms with Crippen LogP contribution in [0.5, 0.6) is 5.75 Å². The van der Waals surface area contributed by atoms with Crippen LogP contribution in [0.25, 0.3) is 0 Å². The van der Waals surface area contributed by atoms with Gasteiger partial charge in [0.25, 0.3) is 0 Å². The fourth-order valence-corrected chi connectivity index (χ4v) is 1.63. The van der Waals surface area contributed by atoms with Gasteiger partial charge in [0.05, 0.1) is 19.2 Å². The summed E-state index contributed by atoms with van der Waals surface area (Å²) in [7, 11) is 1.60. The minimum Gasteiger partial charge on any atom is -0.495 e. The second-order valence-electron chi connectivity index (χ2n) is 4.38. The molecule has 5 nitrogen and oxygen atoms in total. The van der Waals surface area contributed by atoms with Gasteiger partial charge in [-0.05, 0) is 37.1 Å². The van der Waals surface area contributed by atoms with E-state index in [0.717, 1.165) is 22.6 Å². The van der Waals surface area contributed by atoms with Crippen molar-refractivity contribution >= 4 is 11.7 Å². The average Bonchev–Trinajstić information content (AvgIpc) is 2.29. The number of hydrogen-bond donors (Lipinski definition) is 3. The summed E-state index contributed by atoms with van der Waals surface area (Å²) in [6.45, 7) is 4.42. The number of anilines is 1. The first kappa shape index (κ1) is 14.3. The van der Waals surface area contributed by atoms with E-state index in [2.05, 4.69) is 5.32 Å². The number of aliphatic carboxylic acids is 1. The molecule has 100 valence electrons. The molecule has 1 rings (SSSR count). The maximum absolute atomic E-state index is 10.5. The molecule has 0 aromatic heterocycles. The molecule has 0 amide bonds. The van der Waals surface area contributed by atoms with Crippen LogP contribution >= 0.6 is 0 Å². The lowest BCUT2D eigenvalue weighted by Crippen LogP contribution is -2.31. The van der Waals surface area contributed by atoms with Crippen LogP contribution < -0.4 is 15.8 Å². The van der Waals surface area contributed by atoms with Gasteiger partial charge < -0.3 is 20.9 Å². The summed E-state index contributed by atoms with van der Waals surface area (Å²) in [5.74, 6) is -0.156. The molecule has 0 aliphatic rings. The third-order valence-corrected chi connectivity index (χ3v) is 2.81. The number of benzene rings is 1. The predicted molar refractivity (Wildman–Crippen MR) is 71.2 cm³/mol. The molecule has 1 atom stereocenters. The lowest BCUT2D eigenvalue weighted by Gasteiger charge is -2.16. The molecule has 0 radical (unpaired) electrons. The molecular formula is C13H20N2O3. The van der Waals surface area contributed by atoms with Gasteiger partial charge in [0.1, 0.15) is 5.75 Å². The predicted octanol–water partition coefficient (Wildman–Crippen LogP) is 1.53. The van der Waals surface area contributed by atoms with Crippen molar-refractivity contribution in [2.45, 2.75) is 26.3 Å². The highest BCUT2D eigenvalue weighted by atomic mass is 16.5. The quantitative estimate of drug-likeness (QED) is 0.715. The van der Waals surface area contributed by atoms with Crippen molar-refractivity contribution in [3.63, 3.8) is 0 Å². The Hall–Kier alpha value is -1.75. The highest BCUT2D eigenvalue weighted by molar-refractivity contribution is 5.67. The number of hydrogen-bond acceptors (Lipinski definition) is 4. The van der Waals surface area contributed by atoms with E-state index in [1.165, 1.54) is 0 Å². The van der Waals surface area contributed by atoms with Gasteiger partial charge in [-0.3, -0.25) is 4.79 Å². The van der Waals surface area contributed by atoms with Crippen LogP contribution in [0.3, 0.4) is 0 Å². The van der Waals surface area contributed by atoms with E-state index in [9.17, 15) is 4.79 Å². The first-order valence-electron chi connectivity index (χ1n) is 5.80. The van der Waals surface area contributed by atoms with Gasteiger partial charge in [-0.2, -0.15) is 0 Å². The molecule has 0 fully saturated rings. The van der Waals surface area contributed by atoms with E-state index in [1.807, 2.05) is 26.0 Å². The largest absolute Gasteiger partial charge is 0.495 e. The molecule has 0 aliphatic carbocycles. The number of methoxy groups -OCH3 is 1. The maximum atomic E-state index is 10.5. The Morgan fingerprint density at radius 3 is 2.61 bits per heavy atom.